The largest absolute Gasteiger partial charge is 0.396 e. The lowest BCUT2D eigenvalue weighted by Gasteiger charge is -2.30. The third kappa shape index (κ3) is 3.31. The van der Waals surface area contributed by atoms with Crippen molar-refractivity contribution in [3.63, 3.8) is 0 Å². The lowest BCUT2D eigenvalue weighted by atomic mass is 9.86. The number of benzene rings is 1. The number of hydrogen-bond acceptors (Lipinski definition) is 3. The molecule has 2 unspecified atom stereocenters. The van der Waals surface area contributed by atoms with E-state index in [-0.39, 0.29) is 23.6 Å². The molecule has 1 aromatic carbocycles. The zero-order valence-corrected chi connectivity index (χ0v) is 11.8. The minimum atomic E-state index is -0.618. The standard InChI is InChI=1S/C15H18FN3O2/c1-15(9-20)6-2-3-13(15)19-14(21)18-11-4-5-12(16)10(7-11)8-17/h4-5,7,13,20H,2-3,6,9H2,1H3,(H2,18,19,21). The molecule has 0 radical (unpaired) electrons. The van der Waals surface area contributed by atoms with Gasteiger partial charge in [-0.2, -0.15) is 5.26 Å². The molecular weight excluding hydrogens is 273 g/mol. The second-order valence-electron chi connectivity index (χ2n) is 5.66. The van der Waals surface area contributed by atoms with Crippen molar-refractivity contribution < 1.29 is 14.3 Å². The predicted octanol–water partition coefficient (Wildman–Crippen LogP) is 2.37. The van der Waals surface area contributed by atoms with E-state index in [1.165, 1.54) is 12.1 Å². The Labute approximate surface area is 122 Å². The fraction of sp³-hybridized carbons (Fsp3) is 0.467. The number of anilines is 1. The zero-order chi connectivity index (χ0) is 15.5. The van der Waals surface area contributed by atoms with Crippen LogP contribution in [0, 0.1) is 22.6 Å². The van der Waals surface area contributed by atoms with E-state index in [0.29, 0.717) is 5.69 Å². The van der Waals surface area contributed by atoms with Crippen molar-refractivity contribution in [3.8, 4) is 6.07 Å². The molecule has 1 aromatic rings. The minimum absolute atomic E-state index is 0.0209. The summed E-state index contributed by atoms with van der Waals surface area (Å²) in [5, 5.41) is 23.6. The van der Waals surface area contributed by atoms with Crippen molar-refractivity contribution in [1.82, 2.24) is 5.32 Å². The molecule has 0 aromatic heterocycles. The van der Waals surface area contributed by atoms with Crippen LogP contribution in [-0.4, -0.2) is 23.8 Å². The first-order valence-corrected chi connectivity index (χ1v) is 6.86. The van der Waals surface area contributed by atoms with Gasteiger partial charge in [-0.1, -0.05) is 13.3 Å². The Bertz CT molecular complexity index is 585. The third-order valence-corrected chi connectivity index (χ3v) is 4.09. The summed E-state index contributed by atoms with van der Waals surface area (Å²) in [6.45, 7) is 1.96. The van der Waals surface area contributed by atoms with Gasteiger partial charge in [-0.25, -0.2) is 9.18 Å². The van der Waals surface area contributed by atoms with Crippen LogP contribution in [-0.2, 0) is 0 Å². The number of urea groups is 1. The van der Waals surface area contributed by atoms with Gasteiger partial charge in [0.1, 0.15) is 11.9 Å². The summed E-state index contributed by atoms with van der Waals surface area (Å²) >= 11 is 0. The van der Waals surface area contributed by atoms with Crippen LogP contribution >= 0.6 is 0 Å². The molecule has 6 heteroatoms. The van der Waals surface area contributed by atoms with Crippen molar-refractivity contribution in [2.24, 2.45) is 5.41 Å². The molecule has 2 amide bonds. The fourth-order valence-corrected chi connectivity index (χ4v) is 2.68. The fourth-order valence-electron chi connectivity index (χ4n) is 2.68. The number of hydrogen-bond donors (Lipinski definition) is 3. The van der Waals surface area contributed by atoms with E-state index in [4.69, 9.17) is 5.26 Å². The lowest BCUT2D eigenvalue weighted by molar-refractivity contribution is 0.122. The van der Waals surface area contributed by atoms with Crippen LogP contribution < -0.4 is 10.6 Å². The summed E-state index contributed by atoms with van der Waals surface area (Å²) in [7, 11) is 0. The Morgan fingerprint density at radius 3 is 3.05 bits per heavy atom. The summed E-state index contributed by atoms with van der Waals surface area (Å²) in [5.41, 5.74) is -0.0687. The molecule has 3 N–H and O–H groups in total. The number of nitrogens with one attached hydrogen (secondary N) is 2. The van der Waals surface area contributed by atoms with Crippen LogP contribution in [0.2, 0.25) is 0 Å². The highest BCUT2D eigenvalue weighted by atomic mass is 19.1. The van der Waals surface area contributed by atoms with Gasteiger partial charge in [0.2, 0.25) is 0 Å². The SMILES string of the molecule is CC1(CO)CCCC1NC(=O)Nc1ccc(F)c(C#N)c1. The molecule has 0 bridgehead atoms. The highest BCUT2D eigenvalue weighted by molar-refractivity contribution is 5.89. The molecule has 2 atom stereocenters. The third-order valence-electron chi connectivity index (χ3n) is 4.09. The summed E-state index contributed by atoms with van der Waals surface area (Å²) < 4.78 is 13.2. The van der Waals surface area contributed by atoms with Gasteiger partial charge in [0.25, 0.3) is 0 Å². The number of carbonyl (C=O) groups excluding carboxylic acids is 1. The van der Waals surface area contributed by atoms with E-state index in [1.807, 2.05) is 6.92 Å². The first kappa shape index (κ1) is 15.3. The number of carbonyl (C=O) groups is 1. The van der Waals surface area contributed by atoms with Crippen LogP contribution in [0.4, 0.5) is 14.9 Å². The number of aliphatic hydroxyl groups is 1. The number of amides is 2. The summed E-state index contributed by atoms with van der Waals surface area (Å²) in [6, 6.07) is 5.03. The van der Waals surface area contributed by atoms with Crippen LogP contribution in [0.1, 0.15) is 31.7 Å². The maximum Gasteiger partial charge on any atom is 0.319 e. The Morgan fingerprint density at radius 2 is 2.38 bits per heavy atom. The van der Waals surface area contributed by atoms with Gasteiger partial charge >= 0.3 is 6.03 Å². The maximum absolute atomic E-state index is 13.2. The smallest absolute Gasteiger partial charge is 0.319 e. The topological polar surface area (TPSA) is 85.2 Å². The molecule has 0 heterocycles. The normalized spacial score (nSPS) is 24.4. The van der Waals surface area contributed by atoms with Crippen LogP contribution in [0.3, 0.4) is 0 Å². The van der Waals surface area contributed by atoms with Crippen molar-refractivity contribution in [2.75, 3.05) is 11.9 Å². The molecule has 21 heavy (non-hydrogen) atoms. The molecule has 5 nitrogen and oxygen atoms in total. The zero-order valence-electron chi connectivity index (χ0n) is 11.8. The molecule has 1 aliphatic carbocycles. The number of nitriles is 1. The van der Waals surface area contributed by atoms with Gasteiger partial charge in [0, 0.05) is 17.1 Å². The van der Waals surface area contributed by atoms with Gasteiger partial charge in [0.15, 0.2) is 0 Å². The first-order chi connectivity index (χ1) is 9.98. The monoisotopic (exact) mass is 291 g/mol. The van der Waals surface area contributed by atoms with Crippen molar-refractivity contribution >= 4 is 11.7 Å². The van der Waals surface area contributed by atoms with Crippen LogP contribution in [0.25, 0.3) is 0 Å². The van der Waals surface area contributed by atoms with E-state index in [1.54, 1.807) is 6.07 Å². The molecule has 2 rings (SSSR count). The molecule has 0 spiro atoms. The first-order valence-electron chi connectivity index (χ1n) is 6.86. The predicted molar refractivity (Wildman–Crippen MR) is 76.1 cm³/mol. The molecule has 1 fully saturated rings. The molecule has 0 aliphatic heterocycles. The minimum Gasteiger partial charge on any atom is -0.396 e. The van der Waals surface area contributed by atoms with E-state index >= 15 is 0 Å². The number of nitrogens with zero attached hydrogens (tertiary/aromatic N) is 1. The van der Waals surface area contributed by atoms with E-state index in [2.05, 4.69) is 10.6 Å². The van der Waals surface area contributed by atoms with Crippen LogP contribution in [0.5, 0.6) is 0 Å². The summed E-state index contributed by atoms with van der Waals surface area (Å²) in [5.74, 6) is -0.618. The van der Waals surface area contributed by atoms with Crippen LogP contribution in [0.15, 0.2) is 18.2 Å². The van der Waals surface area contributed by atoms with Gasteiger partial charge in [-0.05, 0) is 31.0 Å². The lowest BCUT2D eigenvalue weighted by Crippen LogP contribution is -2.46. The van der Waals surface area contributed by atoms with Crippen molar-refractivity contribution in [2.45, 2.75) is 32.2 Å². The maximum atomic E-state index is 13.2. The molecule has 112 valence electrons. The molecular formula is C15H18FN3O2. The number of halogens is 1. The Balaban J connectivity index is 2.01. The second-order valence-corrected chi connectivity index (χ2v) is 5.66. The van der Waals surface area contributed by atoms with Gasteiger partial charge < -0.3 is 15.7 Å². The Hall–Kier alpha value is -2.13. The average Bonchev–Trinajstić information content (AvgIpc) is 2.83. The second kappa shape index (κ2) is 6.10. The van der Waals surface area contributed by atoms with E-state index < -0.39 is 11.8 Å². The molecule has 1 aliphatic rings. The highest BCUT2D eigenvalue weighted by Crippen LogP contribution is 2.37. The summed E-state index contributed by atoms with van der Waals surface area (Å²) in [4.78, 5) is 12.0. The molecule has 1 saturated carbocycles. The quantitative estimate of drug-likeness (QED) is 0.799. The molecule has 0 saturated heterocycles. The number of rotatable bonds is 3. The van der Waals surface area contributed by atoms with Crippen molar-refractivity contribution in [1.29, 1.82) is 5.26 Å². The van der Waals surface area contributed by atoms with Gasteiger partial charge in [-0.15, -0.1) is 0 Å². The van der Waals surface area contributed by atoms with E-state index in [9.17, 15) is 14.3 Å². The Kier molecular flexibility index (Phi) is 4.43. The van der Waals surface area contributed by atoms with Gasteiger partial charge in [0.05, 0.1) is 12.2 Å². The summed E-state index contributed by atoms with van der Waals surface area (Å²) in [6.07, 6.45) is 2.64. The Morgan fingerprint density at radius 1 is 1.62 bits per heavy atom. The highest BCUT2D eigenvalue weighted by Gasteiger charge is 2.39. The van der Waals surface area contributed by atoms with E-state index in [0.717, 1.165) is 25.3 Å². The number of aliphatic hydroxyl groups excluding tert-OH is 1. The van der Waals surface area contributed by atoms with Crippen molar-refractivity contribution in [3.05, 3.63) is 29.6 Å². The van der Waals surface area contributed by atoms with Gasteiger partial charge in [-0.3, -0.25) is 0 Å². The average molecular weight is 291 g/mol.